The summed E-state index contributed by atoms with van der Waals surface area (Å²) < 4.78 is 0. The minimum absolute atomic E-state index is 0.181. The fourth-order valence-corrected chi connectivity index (χ4v) is 2.30. The van der Waals surface area contributed by atoms with Gasteiger partial charge in [-0.05, 0) is 39.8 Å². The molecule has 0 bridgehead atoms. The molecule has 23 heavy (non-hydrogen) atoms. The number of carbonyl (C=O) groups is 1. The summed E-state index contributed by atoms with van der Waals surface area (Å²) >= 11 is 0. The quantitative estimate of drug-likeness (QED) is 0.686. The van der Waals surface area contributed by atoms with Gasteiger partial charge in [-0.15, -0.1) is 10.2 Å². The van der Waals surface area contributed by atoms with Crippen LogP contribution in [0.2, 0.25) is 0 Å². The Balaban J connectivity index is 2.18. The molecule has 1 aliphatic rings. The van der Waals surface area contributed by atoms with Gasteiger partial charge in [0.2, 0.25) is 0 Å². The zero-order chi connectivity index (χ0) is 17.4. The molecule has 3 unspecified atom stereocenters. The van der Waals surface area contributed by atoms with Gasteiger partial charge >= 0.3 is 6.03 Å². The standard InChI is InChI=1S/C14H23N5O4/c1-8-12(21)18(13(22)19(8)23-5)10-7-6-9(16-17-10)11(20)15-14(2,3)4/h6-8,11-12,15,20-21H,1-5H3. The highest BCUT2D eigenvalue weighted by molar-refractivity contribution is 5.93. The van der Waals surface area contributed by atoms with E-state index in [4.69, 9.17) is 4.84 Å². The predicted molar refractivity (Wildman–Crippen MR) is 82.1 cm³/mol. The fourth-order valence-electron chi connectivity index (χ4n) is 2.30. The first kappa shape index (κ1) is 17.5. The Morgan fingerprint density at radius 1 is 1.35 bits per heavy atom. The summed E-state index contributed by atoms with van der Waals surface area (Å²) in [6, 6.07) is 2.00. The minimum atomic E-state index is -1.10. The molecule has 0 saturated carbocycles. The zero-order valence-electron chi connectivity index (χ0n) is 13.9. The van der Waals surface area contributed by atoms with E-state index in [-0.39, 0.29) is 11.4 Å². The second kappa shape index (κ2) is 6.36. The maximum atomic E-state index is 12.2. The van der Waals surface area contributed by atoms with Crippen molar-refractivity contribution >= 4 is 11.8 Å². The maximum Gasteiger partial charge on any atom is 0.352 e. The Kier molecular flexibility index (Phi) is 4.85. The first-order chi connectivity index (χ1) is 10.7. The van der Waals surface area contributed by atoms with Crippen LogP contribution >= 0.6 is 0 Å². The molecule has 9 nitrogen and oxygen atoms in total. The van der Waals surface area contributed by atoms with Crippen molar-refractivity contribution in [1.82, 2.24) is 20.6 Å². The van der Waals surface area contributed by atoms with Crippen LogP contribution in [-0.2, 0) is 4.84 Å². The van der Waals surface area contributed by atoms with Crippen LogP contribution in [-0.4, -0.2) is 56.4 Å². The van der Waals surface area contributed by atoms with Crippen LogP contribution in [0.1, 0.15) is 39.6 Å². The van der Waals surface area contributed by atoms with Gasteiger partial charge in [-0.1, -0.05) is 0 Å². The van der Waals surface area contributed by atoms with Crippen molar-refractivity contribution in [3.63, 3.8) is 0 Å². The Morgan fingerprint density at radius 2 is 2.00 bits per heavy atom. The zero-order valence-corrected chi connectivity index (χ0v) is 13.9. The molecule has 128 valence electrons. The molecule has 0 aromatic carbocycles. The van der Waals surface area contributed by atoms with Gasteiger partial charge in [0.05, 0.1) is 7.11 Å². The van der Waals surface area contributed by atoms with Crippen LogP contribution in [0.15, 0.2) is 12.1 Å². The summed E-state index contributed by atoms with van der Waals surface area (Å²) in [5.41, 5.74) is 0.0244. The van der Waals surface area contributed by atoms with Crippen molar-refractivity contribution in [3.8, 4) is 0 Å². The summed E-state index contributed by atoms with van der Waals surface area (Å²) in [5.74, 6) is 0.181. The normalized spacial score (nSPS) is 23.5. The molecule has 1 aliphatic heterocycles. The van der Waals surface area contributed by atoms with Gasteiger partial charge in [0.15, 0.2) is 12.0 Å². The van der Waals surface area contributed by atoms with Crippen molar-refractivity contribution in [2.45, 2.75) is 51.7 Å². The minimum Gasteiger partial charge on any atom is -0.373 e. The molecular weight excluding hydrogens is 302 g/mol. The highest BCUT2D eigenvalue weighted by Gasteiger charge is 2.45. The van der Waals surface area contributed by atoms with Crippen LogP contribution < -0.4 is 10.2 Å². The Morgan fingerprint density at radius 3 is 2.43 bits per heavy atom. The van der Waals surface area contributed by atoms with E-state index in [1.807, 2.05) is 20.8 Å². The van der Waals surface area contributed by atoms with Crippen molar-refractivity contribution in [2.24, 2.45) is 0 Å². The highest BCUT2D eigenvalue weighted by Crippen LogP contribution is 2.26. The number of amides is 2. The third-order valence-corrected chi connectivity index (χ3v) is 3.43. The molecule has 2 heterocycles. The van der Waals surface area contributed by atoms with Gasteiger partial charge in [0.25, 0.3) is 0 Å². The topological polar surface area (TPSA) is 111 Å². The van der Waals surface area contributed by atoms with Crippen LogP contribution in [0, 0.1) is 0 Å². The Bertz CT molecular complexity index is 559. The molecule has 1 aromatic heterocycles. The average molecular weight is 325 g/mol. The first-order valence-corrected chi connectivity index (χ1v) is 7.29. The number of aromatic nitrogens is 2. The van der Waals surface area contributed by atoms with Gasteiger partial charge in [-0.25, -0.2) is 9.69 Å². The number of carbonyl (C=O) groups excluding carboxylic acids is 1. The van der Waals surface area contributed by atoms with Crippen LogP contribution in [0.5, 0.6) is 0 Å². The third kappa shape index (κ3) is 3.58. The van der Waals surface area contributed by atoms with Gasteiger partial charge in [-0.2, -0.15) is 5.06 Å². The molecule has 3 atom stereocenters. The Labute approximate surface area is 134 Å². The smallest absolute Gasteiger partial charge is 0.352 e. The number of hydrogen-bond acceptors (Lipinski definition) is 7. The lowest BCUT2D eigenvalue weighted by Crippen LogP contribution is -2.39. The van der Waals surface area contributed by atoms with Gasteiger partial charge in [0.1, 0.15) is 18.0 Å². The molecule has 0 aliphatic carbocycles. The number of nitrogens with zero attached hydrogens (tertiary/aromatic N) is 4. The molecule has 9 heteroatoms. The van der Waals surface area contributed by atoms with Gasteiger partial charge in [0, 0.05) is 5.54 Å². The molecule has 0 radical (unpaired) electrons. The predicted octanol–water partition coefficient (Wildman–Crippen LogP) is 0.366. The van der Waals surface area contributed by atoms with E-state index >= 15 is 0 Å². The van der Waals surface area contributed by atoms with Crippen molar-refractivity contribution in [2.75, 3.05) is 12.0 Å². The summed E-state index contributed by atoms with van der Waals surface area (Å²) in [5, 5.41) is 32.1. The Hall–Kier alpha value is -1.81. The van der Waals surface area contributed by atoms with E-state index < -0.39 is 24.5 Å². The summed E-state index contributed by atoms with van der Waals surface area (Å²) in [7, 11) is 1.36. The number of hydrogen-bond donors (Lipinski definition) is 3. The second-order valence-corrected chi connectivity index (χ2v) is 6.43. The van der Waals surface area contributed by atoms with E-state index in [1.54, 1.807) is 13.0 Å². The monoisotopic (exact) mass is 325 g/mol. The van der Waals surface area contributed by atoms with E-state index in [1.165, 1.54) is 13.2 Å². The third-order valence-electron chi connectivity index (χ3n) is 3.43. The lowest BCUT2D eigenvalue weighted by molar-refractivity contribution is -0.111. The number of aliphatic hydroxyl groups excluding tert-OH is 2. The molecular formula is C14H23N5O4. The lowest BCUT2D eigenvalue weighted by atomic mass is 10.1. The van der Waals surface area contributed by atoms with Crippen LogP contribution in [0.4, 0.5) is 10.6 Å². The van der Waals surface area contributed by atoms with E-state index in [0.29, 0.717) is 5.69 Å². The average Bonchev–Trinajstić information content (AvgIpc) is 2.67. The largest absolute Gasteiger partial charge is 0.373 e. The summed E-state index contributed by atoms with van der Waals surface area (Å²) in [4.78, 5) is 18.3. The SMILES string of the molecule is CON1C(=O)N(c2ccc(C(O)NC(C)(C)C)nn2)C(O)C1C. The molecule has 3 N–H and O–H groups in total. The van der Waals surface area contributed by atoms with Crippen LogP contribution in [0.3, 0.4) is 0 Å². The lowest BCUT2D eigenvalue weighted by Gasteiger charge is -2.24. The highest BCUT2D eigenvalue weighted by atomic mass is 16.7. The van der Waals surface area contributed by atoms with E-state index in [0.717, 1.165) is 9.96 Å². The summed E-state index contributed by atoms with van der Waals surface area (Å²) in [6.07, 6.45) is -2.08. The molecule has 1 aromatic rings. The molecule has 1 saturated heterocycles. The van der Waals surface area contributed by atoms with Crippen molar-refractivity contribution in [3.05, 3.63) is 17.8 Å². The number of aliphatic hydroxyl groups is 2. The molecule has 0 spiro atoms. The van der Waals surface area contributed by atoms with E-state index in [9.17, 15) is 15.0 Å². The first-order valence-electron chi connectivity index (χ1n) is 7.29. The molecule has 2 amide bonds. The van der Waals surface area contributed by atoms with Crippen LogP contribution in [0.25, 0.3) is 0 Å². The van der Waals surface area contributed by atoms with Gasteiger partial charge < -0.3 is 10.2 Å². The second-order valence-electron chi connectivity index (χ2n) is 6.43. The number of urea groups is 1. The number of rotatable bonds is 4. The number of hydroxylamine groups is 2. The number of anilines is 1. The summed E-state index contributed by atoms with van der Waals surface area (Å²) in [6.45, 7) is 7.40. The molecule has 2 rings (SSSR count). The maximum absolute atomic E-state index is 12.2. The van der Waals surface area contributed by atoms with Gasteiger partial charge in [-0.3, -0.25) is 10.2 Å². The van der Waals surface area contributed by atoms with Crippen molar-refractivity contribution in [1.29, 1.82) is 0 Å². The molecule has 1 fully saturated rings. The number of nitrogens with one attached hydrogen (secondary N) is 1. The fraction of sp³-hybridized carbons (Fsp3) is 0.643. The van der Waals surface area contributed by atoms with E-state index in [2.05, 4.69) is 15.5 Å². The van der Waals surface area contributed by atoms with Crippen molar-refractivity contribution < 1.29 is 19.8 Å².